The molecule has 0 aliphatic rings. The van der Waals surface area contributed by atoms with Crippen LogP contribution < -0.4 is 4.74 Å². The van der Waals surface area contributed by atoms with Crippen LogP contribution in [0.15, 0.2) is 35.0 Å². The van der Waals surface area contributed by atoms with E-state index in [1.165, 1.54) is 0 Å². The summed E-state index contributed by atoms with van der Waals surface area (Å²) in [6.45, 7) is 4.69. The summed E-state index contributed by atoms with van der Waals surface area (Å²) in [6.07, 6.45) is 0. The first kappa shape index (κ1) is 13.6. The summed E-state index contributed by atoms with van der Waals surface area (Å²) in [7, 11) is 0. The van der Waals surface area contributed by atoms with E-state index in [-0.39, 0.29) is 5.56 Å². The minimum atomic E-state index is -0.938. The van der Waals surface area contributed by atoms with E-state index in [4.69, 9.17) is 9.84 Å². The van der Waals surface area contributed by atoms with Crippen molar-refractivity contribution < 1.29 is 14.6 Å². The molecule has 0 atom stereocenters. The van der Waals surface area contributed by atoms with Gasteiger partial charge in [0.1, 0.15) is 5.75 Å². The number of thiophene rings is 1. The van der Waals surface area contributed by atoms with Gasteiger partial charge in [0.2, 0.25) is 0 Å². The summed E-state index contributed by atoms with van der Waals surface area (Å²) in [5.41, 5.74) is 2.14. The lowest BCUT2D eigenvalue weighted by Gasteiger charge is -2.11. The Balaban J connectivity index is 2.35. The van der Waals surface area contributed by atoms with E-state index in [1.54, 1.807) is 23.5 Å². The molecule has 1 N–H and O–H groups in total. The van der Waals surface area contributed by atoms with Gasteiger partial charge in [-0.25, -0.2) is 4.79 Å². The fourth-order valence-corrected chi connectivity index (χ4v) is 2.33. The van der Waals surface area contributed by atoms with Gasteiger partial charge in [0.05, 0.1) is 12.2 Å². The predicted octanol–water partition coefficient (Wildman–Crippen LogP) is 4.15. The first-order chi connectivity index (χ1) is 9.06. The molecule has 0 unspecified atom stereocenters. The van der Waals surface area contributed by atoms with Crippen LogP contribution in [0.1, 0.15) is 24.2 Å². The number of aromatic carboxylic acids is 1. The summed E-state index contributed by atoms with van der Waals surface area (Å²) < 4.78 is 5.64. The van der Waals surface area contributed by atoms with E-state index in [0.29, 0.717) is 18.3 Å². The minimum Gasteiger partial charge on any atom is -0.493 e. The number of hydrogen-bond donors (Lipinski definition) is 1. The topological polar surface area (TPSA) is 46.5 Å². The first-order valence-corrected chi connectivity index (χ1v) is 7.04. The summed E-state index contributed by atoms with van der Waals surface area (Å²) in [4.78, 5) is 11.2. The van der Waals surface area contributed by atoms with Gasteiger partial charge in [0, 0.05) is 0 Å². The molecule has 1 aromatic carbocycles. The quantitative estimate of drug-likeness (QED) is 0.892. The highest BCUT2D eigenvalue weighted by atomic mass is 32.1. The molecule has 0 bridgehead atoms. The average Bonchev–Trinajstić information content (AvgIpc) is 2.89. The van der Waals surface area contributed by atoms with Gasteiger partial charge in [-0.15, -0.1) is 0 Å². The molecule has 0 fully saturated rings. The van der Waals surface area contributed by atoms with E-state index < -0.39 is 5.97 Å². The lowest BCUT2D eigenvalue weighted by Crippen LogP contribution is -2.06. The Bertz CT molecular complexity index is 559. The predicted molar refractivity (Wildman–Crippen MR) is 77.0 cm³/mol. The number of hydrogen-bond acceptors (Lipinski definition) is 3. The zero-order valence-electron chi connectivity index (χ0n) is 10.9. The lowest BCUT2D eigenvalue weighted by atomic mass is 10.1. The van der Waals surface area contributed by atoms with Crippen LogP contribution in [0.25, 0.3) is 11.1 Å². The van der Waals surface area contributed by atoms with Crippen molar-refractivity contribution in [2.75, 3.05) is 6.61 Å². The highest BCUT2D eigenvalue weighted by molar-refractivity contribution is 7.08. The first-order valence-electron chi connectivity index (χ1n) is 6.10. The highest BCUT2D eigenvalue weighted by Gasteiger charge is 2.10. The van der Waals surface area contributed by atoms with Crippen LogP contribution >= 0.6 is 11.3 Å². The van der Waals surface area contributed by atoms with Crippen LogP contribution in [0.5, 0.6) is 5.75 Å². The summed E-state index contributed by atoms with van der Waals surface area (Å²) in [5.74, 6) is 0.0689. The summed E-state index contributed by atoms with van der Waals surface area (Å²) in [5, 5.41) is 13.1. The smallest absolute Gasteiger partial charge is 0.335 e. The van der Waals surface area contributed by atoms with Crippen molar-refractivity contribution in [1.29, 1.82) is 0 Å². The molecule has 0 saturated heterocycles. The third kappa shape index (κ3) is 3.58. The molecule has 1 aromatic heterocycles. The maximum atomic E-state index is 11.2. The molecule has 0 spiro atoms. The van der Waals surface area contributed by atoms with Crippen LogP contribution in [-0.2, 0) is 0 Å². The van der Waals surface area contributed by atoms with Crippen LogP contribution in [0.4, 0.5) is 0 Å². The fraction of sp³-hybridized carbons (Fsp3) is 0.267. The second-order valence-corrected chi connectivity index (χ2v) is 5.55. The van der Waals surface area contributed by atoms with Gasteiger partial charge in [-0.1, -0.05) is 13.8 Å². The molecule has 0 saturated carbocycles. The summed E-state index contributed by atoms with van der Waals surface area (Å²) >= 11 is 1.58. The second kappa shape index (κ2) is 5.89. The molecule has 19 heavy (non-hydrogen) atoms. The van der Waals surface area contributed by atoms with E-state index in [1.807, 2.05) is 22.9 Å². The van der Waals surface area contributed by atoms with Crippen molar-refractivity contribution in [2.24, 2.45) is 5.92 Å². The van der Waals surface area contributed by atoms with Crippen LogP contribution in [0.3, 0.4) is 0 Å². The van der Waals surface area contributed by atoms with Crippen LogP contribution in [0.2, 0.25) is 0 Å². The Hall–Kier alpha value is -1.81. The van der Waals surface area contributed by atoms with Crippen molar-refractivity contribution in [1.82, 2.24) is 0 Å². The molecule has 0 aliphatic heterocycles. The molecular formula is C15H16O3S. The van der Waals surface area contributed by atoms with Crippen molar-refractivity contribution in [3.05, 3.63) is 40.6 Å². The molecule has 100 valence electrons. The maximum absolute atomic E-state index is 11.2. The molecule has 0 aliphatic carbocycles. The number of rotatable bonds is 5. The Labute approximate surface area is 116 Å². The number of ether oxygens (including phenoxy) is 1. The molecule has 0 radical (unpaired) electrons. The van der Waals surface area contributed by atoms with E-state index in [0.717, 1.165) is 11.1 Å². The molecule has 1 heterocycles. The van der Waals surface area contributed by atoms with Gasteiger partial charge in [0.25, 0.3) is 0 Å². The molecule has 3 nitrogen and oxygen atoms in total. The zero-order valence-corrected chi connectivity index (χ0v) is 11.7. The van der Waals surface area contributed by atoms with Crippen LogP contribution in [-0.4, -0.2) is 17.7 Å². The third-order valence-electron chi connectivity index (χ3n) is 2.59. The SMILES string of the molecule is CC(C)COc1cc(C(=O)O)cc(-c2ccsc2)c1. The normalized spacial score (nSPS) is 10.7. The number of benzene rings is 1. The van der Waals surface area contributed by atoms with Crippen molar-refractivity contribution in [3.8, 4) is 16.9 Å². The lowest BCUT2D eigenvalue weighted by molar-refractivity contribution is 0.0696. The fourth-order valence-electron chi connectivity index (χ4n) is 1.66. The van der Waals surface area contributed by atoms with E-state index >= 15 is 0 Å². The maximum Gasteiger partial charge on any atom is 0.335 e. The highest BCUT2D eigenvalue weighted by Crippen LogP contribution is 2.28. The van der Waals surface area contributed by atoms with Crippen molar-refractivity contribution >= 4 is 17.3 Å². The Kier molecular flexibility index (Phi) is 4.22. The molecule has 2 aromatic rings. The standard InChI is InChI=1S/C15H16O3S/c1-10(2)8-18-14-6-12(11-3-4-19-9-11)5-13(7-14)15(16)17/h3-7,9-10H,8H2,1-2H3,(H,16,17). The second-order valence-electron chi connectivity index (χ2n) is 4.77. The van der Waals surface area contributed by atoms with Gasteiger partial charge in [-0.3, -0.25) is 0 Å². The molecule has 4 heteroatoms. The van der Waals surface area contributed by atoms with E-state index in [2.05, 4.69) is 13.8 Å². The molecule has 0 amide bonds. The minimum absolute atomic E-state index is 0.252. The third-order valence-corrected chi connectivity index (χ3v) is 3.27. The van der Waals surface area contributed by atoms with Crippen molar-refractivity contribution in [2.45, 2.75) is 13.8 Å². The van der Waals surface area contributed by atoms with Gasteiger partial charge in [-0.2, -0.15) is 11.3 Å². The van der Waals surface area contributed by atoms with Gasteiger partial charge in [0.15, 0.2) is 0 Å². The number of carboxylic acids is 1. The average molecular weight is 276 g/mol. The monoisotopic (exact) mass is 276 g/mol. The largest absolute Gasteiger partial charge is 0.493 e. The van der Waals surface area contributed by atoms with Crippen molar-refractivity contribution in [3.63, 3.8) is 0 Å². The Morgan fingerprint density at radius 2 is 2.11 bits per heavy atom. The number of carboxylic acid groups (broad SMARTS) is 1. The zero-order chi connectivity index (χ0) is 13.8. The van der Waals surface area contributed by atoms with E-state index in [9.17, 15) is 4.79 Å². The van der Waals surface area contributed by atoms with Gasteiger partial charge in [-0.05, 0) is 52.1 Å². The van der Waals surface area contributed by atoms with Gasteiger partial charge >= 0.3 is 5.97 Å². The van der Waals surface area contributed by atoms with Gasteiger partial charge < -0.3 is 9.84 Å². The Morgan fingerprint density at radius 1 is 1.32 bits per heavy atom. The molecular weight excluding hydrogens is 260 g/mol. The summed E-state index contributed by atoms with van der Waals surface area (Å²) in [6, 6.07) is 7.10. The number of carbonyl (C=O) groups is 1. The Morgan fingerprint density at radius 3 is 2.68 bits per heavy atom. The van der Waals surface area contributed by atoms with Crippen LogP contribution in [0, 0.1) is 5.92 Å². The molecule has 2 rings (SSSR count).